The van der Waals surface area contributed by atoms with Crippen LogP contribution in [-0.4, -0.2) is 127 Å². The van der Waals surface area contributed by atoms with E-state index in [0.717, 1.165) is 0 Å². The minimum Gasteiger partial charge on any atom is -0.481 e. The number of aldehydes is 1. The van der Waals surface area contributed by atoms with Gasteiger partial charge in [0.05, 0.1) is 24.8 Å². The summed E-state index contributed by atoms with van der Waals surface area (Å²) >= 11 is 5.97. The quantitative estimate of drug-likeness (QED) is 0.0253. The van der Waals surface area contributed by atoms with Crippen molar-refractivity contribution < 1.29 is 83.1 Å². The van der Waals surface area contributed by atoms with E-state index in [1.165, 1.54) is 24.3 Å². The molecule has 0 heterocycles. The molecule has 0 unspecified atom stereocenters. The Balaban J connectivity index is 3.58. The van der Waals surface area contributed by atoms with E-state index in [0.29, 0.717) is 5.56 Å². The van der Waals surface area contributed by atoms with Gasteiger partial charge in [-0.3, -0.25) is 52.7 Å². The van der Waals surface area contributed by atoms with Gasteiger partial charge < -0.3 is 56.9 Å². The van der Waals surface area contributed by atoms with Gasteiger partial charge >= 0.3 is 29.8 Å². The van der Waals surface area contributed by atoms with Gasteiger partial charge in [0.25, 0.3) is 0 Å². The fourth-order valence-electron chi connectivity index (χ4n) is 5.25. The fraction of sp³-hybridized carbons (Fsp3) is 0.459. The Morgan fingerprint density at radius 3 is 1.42 bits per heavy atom. The topological polar surface area (TPSA) is 366 Å². The Labute approximate surface area is 346 Å². The molecule has 1 rings (SSSR count). The van der Waals surface area contributed by atoms with Gasteiger partial charge in [0.2, 0.25) is 29.5 Å². The lowest BCUT2D eigenvalue weighted by Crippen LogP contribution is -2.59. The van der Waals surface area contributed by atoms with E-state index >= 15 is 0 Å². The summed E-state index contributed by atoms with van der Waals surface area (Å²) in [4.78, 5) is 148. The highest BCUT2D eigenvalue weighted by molar-refractivity contribution is 6.30. The molecule has 0 radical (unpaired) electrons. The van der Waals surface area contributed by atoms with Crippen molar-refractivity contribution in [2.45, 2.75) is 101 Å². The summed E-state index contributed by atoms with van der Waals surface area (Å²) in [6, 6.07) is -3.15. The second-order valence-electron chi connectivity index (χ2n) is 13.0. The normalized spacial score (nSPS) is 13.5. The highest BCUT2D eigenvalue weighted by Gasteiger charge is 2.35. The molecule has 326 valence electrons. The SMILES string of the molecule is C#CC[C@@H](C=O)C(=O)[C@H](CCC(=O)O)NC(=O)[C@@H](CCC(=O)O)NC(=O)[C@H](Cc1ccc(Cl)cc1)NC(=O)[C@H](CCC(=O)O)NC(=O)[C@H](CC(=O)O)NC(=O)CCC(=O)O. The Hall–Kier alpha value is -6.89. The van der Waals surface area contributed by atoms with Crippen molar-refractivity contribution in [1.29, 1.82) is 0 Å². The number of carbonyl (C=O) groups excluding carboxylic acids is 7. The first-order valence-electron chi connectivity index (χ1n) is 17.9. The van der Waals surface area contributed by atoms with E-state index < -0.39 is 172 Å². The van der Waals surface area contributed by atoms with Crippen LogP contribution in [0.3, 0.4) is 0 Å². The number of Topliss-reactive ketones (excluding diaryl/α,β-unsaturated/α-hetero) is 1. The average Bonchev–Trinajstić information content (AvgIpc) is 3.17. The zero-order chi connectivity index (χ0) is 45.5. The van der Waals surface area contributed by atoms with Gasteiger partial charge in [-0.15, -0.1) is 12.3 Å². The Morgan fingerprint density at radius 1 is 0.567 bits per heavy atom. The summed E-state index contributed by atoms with van der Waals surface area (Å²) in [6.45, 7) is 0. The van der Waals surface area contributed by atoms with E-state index in [4.69, 9.17) is 23.1 Å². The number of carboxylic acid groups (broad SMARTS) is 5. The molecule has 22 nitrogen and oxygen atoms in total. The van der Waals surface area contributed by atoms with E-state index in [9.17, 15) is 78.0 Å². The maximum atomic E-state index is 13.9. The maximum absolute atomic E-state index is 13.9. The molecule has 10 N–H and O–H groups in total. The van der Waals surface area contributed by atoms with Crippen LogP contribution in [0, 0.1) is 18.3 Å². The van der Waals surface area contributed by atoms with Crippen LogP contribution >= 0.6 is 11.6 Å². The zero-order valence-electron chi connectivity index (χ0n) is 31.7. The smallest absolute Gasteiger partial charge is 0.305 e. The lowest BCUT2D eigenvalue weighted by atomic mass is 9.93. The van der Waals surface area contributed by atoms with Crippen LogP contribution in [0.25, 0.3) is 0 Å². The molecule has 60 heavy (non-hydrogen) atoms. The Kier molecular flexibility index (Phi) is 22.3. The molecule has 0 aliphatic heterocycles. The number of terminal acetylenes is 1. The van der Waals surface area contributed by atoms with Crippen LogP contribution in [0.1, 0.15) is 69.8 Å². The van der Waals surface area contributed by atoms with Gasteiger partial charge in [0, 0.05) is 43.5 Å². The number of hydrogen-bond acceptors (Lipinski definition) is 12. The van der Waals surface area contributed by atoms with Crippen molar-refractivity contribution in [3.8, 4) is 12.3 Å². The monoisotopic (exact) mass is 865 g/mol. The highest BCUT2D eigenvalue weighted by atomic mass is 35.5. The van der Waals surface area contributed by atoms with Crippen LogP contribution in [0.5, 0.6) is 0 Å². The molecule has 1 aromatic rings. The third-order valence-corrected chi connectivity index (χ3v) is 8.57. The summed E-state index contributed by atoms with van der Waals surface area (Å²) in [6.07, 6.45) is -1.78. The number of ketones is 1. The van der Waals surface area contributed by atoms with Crippen molar-refractivity contribution in [2.75, 3.05) is 0 Å². The number of benzene rings is 1. The summed E-state index contributed by atoms with van der Waals surface area (Å²) in [5.74, 6) is -13.5. The molecule has 1 aromatic carbocycles. The van der Waals surface area contributed by atoms with E-state index in [-0.39, 0.29) is 11.3 Å². The van der Waals surface area contributed by atoms with Crippen LogP contribution in [0.2, 0.25) is 5.02 Å². The Morgan fingerprint density at radius 2 is 0.983 bits per heavy atom. The minimum atomic E-state index is -1.88. The first-order chi connectivity index (χ1) is 28.2. The second kappa shape index (κ2) is 26.2. The summed E-state index contributed by atoms with van der Waals surface area (Å²) in [5.41, 5.74) is 0.329. The molecule has 0 spiro atoms. The molecule has 0 saturated heterocycles. The maximum Gasteiger partial charge on any atom is 0.305 e. The molecule has 0 aliphatic carbocycles. The number of halogens is 1. The van der Waals surface area contributed by atoms with E-state index in [1.54, 1.807) is 0 Å². The molecule has 5 amide bonds. The second-order valence-corrected chi connectivity index (χ2v) is 13.5. The first kappa shape index (κ1) is 51.1. The van der Waals surface area contributed by atoms with Crippen LogP contribution in [0.15, 0.2) is 24.3 Å². The lowest BCUT2D eigenvalue weighted by molar-refractivity contribution is -0.142. The molecule has 23 heteroatoms. The number of aliphatic carboxylic acids is 5. The molecule has 0 saturated carbocycles. The number of carboxylic acids is 5. The number of amides is 5. The van der Waals surface area contributed by atoms with Gasteiger partial charge in [0.1, 0.15) is 30.5 Å². The van der Waals surface area contributed by atoms with Crippen molar-refractivity contribution in [2.24, 2.45) is 5.92 Å². The van der Waals surface area contributed by atoms with Crippen LogP contribution in [-0.2, 0) is 64.0 Å². The summed E-state index contributed by atoms with van der Waals surface area (Å²) in [7, 11) is 0. The van der Waals surface area contributed by atoms with Gasteiger partial charge in [0.15, 0.2) is 5.78 Å². The highest BCUT2D eigenvalue weighted by Crippen LogP contribution is 2.14. The number of carbonyl (C=O) groups is 12. The lowest BCUT2D eigenvalue weighted by Gasteiger charge is -2.27. The van der Waals surface area contributed by atoms with Gasteiger partial charge in [-0.1, -0.05) is 23.7 Å². The molecule has 0 aliphatic rings. The van der Waals surface area contributed by atoms with Crippen LogP contribution < -0.4 is 26.6 Å². The first-order valence-corrected chi connectivity index (χ1v) is 18.3. The largest absolute Gasteiger partial charge is 0.481 e. The van der Waals surface area contributed by atoms with E-state index in [1.807, 2.05) is 5.32 Å². The Bertz CT molecular complexity index is 1830. The standard InChI is InChI=1S/C37H44ClN5O17/c1-2-3-20(18-44)33(56)22(8-12-28(46)47)40-34(57)23(9-13-29(48)49)41-36(59)25(16-19-4-6-21(38)7-5-19)43-35(58)24(10-14-30(50)51)42-37(60)26(17-32(54)55)39-27(45)11-15-31(52)53/h1,4-7,18,20,22-26H,3,8-17H2,(H,39,45)(H,40,57)(H,41,59)(H,42,60)(H,43,58)(H,46,47)(H,48,49)(H,50,51)(H,52,53)(H,54,55)/t20-,22-,23+,24-,25-,26-/m0/s1. The van der Waals surface area contributed by atoms with Gasteiger partial charge in [-0.05, 0) is 37.0 Å². The number of hydrogen-bond donors (Lipinski definition) is 10. The van der Waals surface area contributed by atoms with Crippen molar-refractivity contribution in [3.63, 3.8) is 0 Å². The van der Waals surface area contributed by atoms with Crippen molar-refractivity contribution in [1.82, 2.24) is 26.6 Å². The van der Waals surface area contributed by atoms with Crippen molar-refractivity contribution >= 4 is 83.1 Å². The average molecular weight is 866 g/mol. The molecule has 0 aromatic heterocycles. The molecule has 6 atom stereocenters. The summed E-state index contributed by atoms with van der Waals surface area (Å²) in [5, 5.41) is 57.3. The summed E-state index contributed by atoms with van der Waals surface area (Å²) < 4.78 is 0. The fourth-order valence-corrected chi connectivity index (χ4v) is 5.38. The number of nitrogens with one attached hydrogen (secondary N) is 5. The predicted molar refractivity (Wildman–Crippen MR) is 203 cm³/mol. The van der Waals surface area contributed by atoms with Gasteiger partial charge in [-0.2, -0.15) is 0 Å². The predicted octanol–water partition coefficient (Wildman–Crippen LogP) is -1.35. The number of rotatable bonds is 29. The third-order valence-electron chi connectivity index (χ3n) is 8.32. The zero-order valence-corrected chi connectivity index (χ0v) is 32.5. The molecule has 0 bridgehead atoms. The van der Waals surface area contributed by atoms with Crippen LogP contribution in [0.4, 0.5) is 0 Å². The molecular formula is C37H44ClN5O17. The van der Waals surface area contributed by atoms with E-state index in [2.05, 4.69) is 27.2 Å². The molecular weight excluding hydrogens is 822 g/mol. The third kappa shape index (κ3) is 20.0. The minimum absolute atomic E-state index is 0.201. The van der Waals surface area contributed by atoms with Crippen molar-refractivity contribution in [3.05, 3.63) is 34.9 Å². The van der Waals surface area contributed by atoms with Gasteiger partial charge in [-0.25, -0.2) is 0 Å². The molecule has 0 fully saturated rings.